The second-order valence-electron chi connectivity index (χ2n) is 3.92. The number of fused-ring (bicyclic) bond motifs is 1. The van der Waals surface area contributed by atoms with Gasteiger partial charge >= 0.3 is 0 Å². The van der Waals surface area contributed by atoms with Gasteiger partial charge in [-0.3, -0.25) is 10.1 Å². The molecule has 0 fully saturated rings. The van der Waals surface area contributed by atoms with Gasteiger partial charge in [0.05, 0.1) is 0 Å². The van der Waals surface area contributed by atoms with Gasteiger partial charge < -0.3 is 8.97 Å². The van der Waals surface area contributed by atoms with Crippen LogP contribution in [0.5, 0.6) is 0 Å². The first-order valence-corrected chi connectivity index (χ1v) is 5.45. The van der Waals surface area contributed by atoms with Crippen LogP contribution in [0.2, 0.25) is 0 Å². The molecule has 1 amide bonds. The van der Waals surface area contributed by atoms with Crippen molar-refractivity contribution in [2.75, 3.05) is 5.32 Å². The summed E-state index contributed by atoms with van der Waals surface area (Å²) in [5.74, 6) is 0.318. The molecule has 0 spiro atoms. The van der Waals surface area contributed by atoms with Crippen molar-refractivity contribution in [3.05, 3.63) is 48.7 Å². The summed E-state index contributed by atoms with van der Waals surface area (Å²) in [5.41, 5.74) is 1.29. The van der Waals surface area contributed by atoms with E-state index < -0.39 is 0 Å². The predicted molar refractivity (Wildman–Crippen MR) is 66.4 cm³/mol. The van der Waals surface area contributed by atoms with Gasteiger partial charge in [0.25, 0.3) is 5.91 Å². The summed E-state index contributed by atoms with van der Waals surface area (Å²) in [6.45, 7) is 0. The van der Waals surface area contributed by atoms with Crippen LogP contribution in [0.1, 0.15) is 10.4 Å². The molecule has 0 aromatic carbocycles. The van der Waals surface area contributed by atoms with Crippen molar-refractivity contribution in [1.82, 2.24) is 18.9 Å². The topological polar surface area (TPSA) is 64.2 Å². The first-order valence-electron chi connectivity index (χ1n) is 5.45. The summed E-state index contributed by atoms with van der Waals surface area (Å²) in [6.07, 6.45) is 8.72. The normalized spacial score (nSPS) is 10.7. The molecule has 90 valence electrons. The lowest BCUT2D eigenvalue weighted by molar-refractivity contribution is 0.102. The number of carbonyl (C=O) groups is 1. The molecule has 0 bridgehead atoms. The van der Waals surface area contributed by atoms with Crippen LogP contribution in [0.4, 0.5) is 5.95 Å². The fourth-order valence-electron chi connectivity index (χ4n) is 1.71. The largest absolute Gasteiger partial charge is 0.320 e. The zero-order valence-corrected chi connectivity index (χ0v) is 9.74. The molecule has 3 aromatic rings. The Morgan fingerprint density at radius 3 is 2.83 bits per heavy atom. The fourth-order valence-corrected chi connectivity index (χ4v) is 1.71. The zero-order valence-electron chi connectivity index (χ0n) is 9.74. The summed E-state index contributed by atoms with van der Waals surface area (Å²) in [6, 6.07) is 3.48. The second kappa shape index (κ2) is 3.99. The molecule has 0 radical (unpaired) electrons. The van der Waals surface area contributed by atoms with E-state index in [1.165, 1.54) is 0 Å². The number of amides is 1. The maximum Gasteiger partial charge on any atom is 0.258 e. The number of imidazole rings is 2. The molecule has 3 rings (SSSR count). The Labute approximate surface area is 103 Å². The van der Waals surface area contributed by atoms with E-state index in [0.29, 0.717) is 11.5 Å². The van der Waals surface area contributed by atoms with Crippen LogP contribution in [0.25, 0.3) is 5.65 Å². The van der Waals surface area contributed by atoms with E-state index >= 15 is 0 Å². The standard InChI is InChI=1S/C12H11N5O/c1-16-6-3-14-12(16)15-11(18)9-2-5-17-7-4-13-10(17)8-9/h2-8H,1H3,(H,14,15,18). The number of rotatable bonds is 2. The highest BCUT2D eigenvalue weighted by atomic mass is 16.1. The Hall–Kier alpha value is -2.63. The Morgan fingerprint density at radius 1 is 1.22 bits per heavy atom. The molecule has 0 aliphatic rings. The van der Waals surface area contributed by atoms with Gasteiger partial charge in [-0.2, -0.15) is 0 Å². The monoisotopic (exact) mass is 241 g/mol. The van der Waals surface area contributed by atoms with Gasteiger partial charge in [0.2, 0.25) is 5.95 Å². The van der Waals surface area contributed by atoms with E-state index in [9.17, 15) is 4.79 Å². The highest BCUT2D eigenvalue weighted by Crippen LogP contribution is 2.08. The highest BCUT2D eigenvalue weighted by Gasteiger charge is 2.09. The zero-order chi connectivity index (χ0) is 12.5. The molecule has 18 heavy (non-hydrogen) atoms. The maximum absolute atomic E-state index is 12.0. The molecule has 0 aliphatic heterocycles. The minimum Gasteiger partial charge on any atom is -0.320 e. The van der Waals surface area contributed by atoms with Crippen LogP contribution in [-0.4, -0.2) is 24.8 Å². The van der Waals surface area contributed by atoms with Crippen LogP contribution >= 0.6 is 0 Å². The first-order chi connectivity index (χ1) is 8.74. The number of hydrogen-bond acceptors (Lipinski definition) is 3. The molecule has 3 heterocycles. The smallest absolute Gasteiger partial charge is 0.258 e. The van der Waals surface area contributed by atoms with E-state index in [0.717, 1.165) is 5.65 Å². The maximum atomic E-state index is 12.0. The predicted octanol–water partition coefficient (Wildman–Crippen LogP) is 1.32. The third kappa shape index (κ3) is 1.73. The average molecular weight is 241 g/mol. The van der Waals surface area contributed by atoms with E-state index in [1.807, 2.05) is 17.6 Å². The van der Waals surface area contributed by atoms with Gasteiger partial charge in [-0.15, -0.1) is 0 Å². The molecule has 0 atom stereocenters. The average Bonchev–Trinajstić information content (AvgIpc) is 2.98. The molecule has 0 unspecified atom stereocenters. The molecule has 6 nitrogen and oxygen atoms in total. The Kier molecular flexibility index (Phi) is 2.33. The molecule has 6 heteroatoms. The van der Waals surface area contributed by atoms with Crippen molar-refractivity contribution < 1.29 is 4.79 Å². The van der Waals surface area contributed by atoms with Gasteiger partial charge in [-0.1, -0.05) is 0 Å². The minimum atomic E-state index is -0.199. The SMILES string of the molecule is Cn1ccnc1NC(=O)c1ccn2ccnc2c1. The van der Waals surface area contributed by atoms with Gasteiger partial charge in [0.1, 0.15) is 5.65 Å². The number of pyridine rings is 1. The van der Waals surface area contributed by atoms with Gasteiger partial charge in [0, 0.05) is 43.6 Å². The van der Waals surface area contributed by atoms with Crippen molar-refractivity contribution in [2.24, 2.45) is 7.05 Å². The van der Waals surface area contributed by atoms with Crippen molar-refractivity contribution in [3.63, 3.8) is 0 Å². The fraction of sp³-hybridized carbons (Fsp3) is 0.0833. The number of nitrogens with zero attached hydrogens (tertiary/aromatic N) is 4. The summed E-state index contributed by atoms with van der Waals surface area (Å²) in [7, 11) is 1.82. The molecule has 3 aromatic heterocycles. The number of hydrogen-bond donors (Lipinski definition) is 1. The molecular formula is C12H11N5O. The number of nitrogens with one attached hydrogen (secondary N) is 1. The Bertz CT molecular complexity index is 712. The molecule has 0 saturated heterocycles. The van der Waals surface area contributed by atoms with Crippen molar-refractivity contribution >= 4 is 17.5 Å². The summed E-state index contributed by atoms with van der Waals surface area (Å²) < 4.78 is 3.59. The summed E-state index contributed by atoms with van der Waals surface area (Å²) in [5, 5.41) is 2.74. The highest BCUT2D eigenvalue weighted by molar-refractivity contribution is 6.03. The number of aryl methyl sites for hydroxylation is 1. The quantitative estimate of drug-likeness (QED) is 0.736. The number of anilines is 1. The Morgan fingerprint density at radius 2 is 2.06 bits per heavy atom. The van der Waals surface area contributed by atoms with Crippen molar-refractivity contribution in [3.8, 4) is 0 Å². The van der Waals surface area contributed by atoms with Crippen LogP contribution in [0.3, 0.4) is 0 Å². The third-order valence-electron chi connectivity index (χ3n) is 2.71. The van der Waals surface area contributed by atoms with Crippen LogP contribution < -0.4 is 5.32 Å². The van der Waals surface area contributed by atoms with E-state index in [4.69, 9.17) is 0 Å². The van der Waals surface area contributed by atoms with Crippen LogP contribution in [-0.2, 0) is 7.05 Å². The number of aromatic nitrogens is 4. The van der Waals surface area contributed by atoms with Crippen molar-refractivity contribution in [2.45, 2.75) is 0 Å². The van der Waals surface area contributed by atoms with Crippen LogP contribution in [0, 0.1) is 0 Å². The third-order valence-corrected chi connectivity index (χ3v) is 2.71. The van der Waals surface area contributed by atoms with Crippen LogP contribution in [0.15, 0.2) is 43.1 Å². The Balaban J connectivity index is 1.89. The first kappa shape index (κ1) is 10.5. The lowest BCUT2D eigenvalue weighted by Gasteiger charge is -2.05. The molecule has 1 N–H and O–H groups in total. The second-order valence-corrected chi connectivity index (χ2v) is 3.92. The van der Waals surface area contributed by atoms with Gasteiger partial charge in [-0.25, -0.2) is 9.97 Å². The minimum absolute atomic E-state index is 0.199. The number of carbonyl (C=O) groups excluding carboxylic acids is 1. The van der Waals surface area contributed by atoms with Gasteiger partial charge in [-0.05, 0) is 12.1 Å². The van der Waals surface area contributed by atoms with E-state index in [-0.39, 0.29) is 5.91 Å². The van der Waals surface area contributed by atoms with Gasteiger partial charge in [0.15, 0.2) is 0 Å². The van der Waals surface area contributed by atoms with E-state index in [1.54, 1.807) is 41.5 Å². The molecule has 0 aliphatic carbocycles. The summed E-state index contributed by atoms with van der Waals surface area (Å²) >= 11 is 0. The molecular weight excluding hydrogens is 230 g/mol. The molecule has 0 saturated carbocycles. The van der Waals surface area contributed by atoms with E-state index in [2.05, 4.69) is 15.3 Å². The lowest BCUT2D eigenvalue weighted by Crippen LogP contribution is -2.15. The lowest BCUT2D eigenvalue weighted by atomic mass is 10.2. The van der Waals surface area contributed by atoms with Crippen molar-refractivity contribution in [1.29, 1.82) is 0 Å². The summed E-state index contributed by atoms with van der Waals surface area (Å²) in [4.78, 5) is 20.2.